The van der Waals surface area contributed by atoms with Gasteiger partial charge < -0.3 is 5.11 Å². The maximum atomic E-state index is 13.3. The Morgan fingerprint density at radius 1 is 0.964 bits per heavy atom. The predicted octanol–water partition coefficient (Wildman–Crippen LogP) is 3.17. The van der Waals surface area contributed by atoms with E-state index in [1.165, 1.54) is 4.57 Å². The van der Waals surface area contributed by atoms with Gasteiger partial charge in [0.05, 0.1) is 16.8 Å². The van der Waals surface area contributed by atoms with Crippen LogP contribution in [0.1, 0.15) is 26.4 Å². The number of aromatic amines is 1. The Morgan fingerprint density at radius 2 is 1.68 bits per heavy atom. The monoisotopic (exact) mass is 368 g/mol. The van der Waals surface area contributed by atoms with E-state index in [4.69, 9.17) is 0 Å². The number of nitrogens with one attached hydrogen (secondary N) is 1. The third-order valence-electron chi connectivity index (χ3n) is 4.84. The van der Waals surface area contributed by atoms with Crippen LogP contribution < -0.4 is 4.98 Å². The van der Waals surface area contributed by atoms with E-state index in [2.05, 4.69) is 9.98 Å². The Kier molecular flexibility index (Phi) is 3.45. The molecular weight excluding hydrogens is 354 g/mol. The number of hydrogen-bond acceptors (Lipinski definition) is 4. The summed E-state index contributed by atoms with van der Waals surface area (Å²) in [6.45, 7) is 0. The van der Waals surface area contributed by atoms with Crippen molar-refractivity contribution in [2.75, 3.05) is 0 Å². The van der Waals surface area contributed by atoms with Gasteiger partial charge in [0, 0.05) is 23.1 Å². The molecule has 0 spiro atoms. The van der Waals surface area contributed by atoms with Crippen molar-refractivity contribution >= 4 is 34.0 Å². The third kappa shape index (κ3) is 2.21. The molecule has 134 valence electrons. The normalized spacial score (nSPS) is 12.9. The zero-order chi connectivity index (χ0) is 19.3. The smallest absolute Gasteiger partial charge is 0.263 e. The van der Waals surface area contributed by atoms with Gasteiger partial charge in [0.2, 0.25) is 5.78 Å². The highest BCUT2D eigenvalue weighted by Gasteiger charge is 2.33. The quantitative estimate of drug-likeness (QED) is 0.590. The summed E-state index contributed by atoms with van der Waals surface area (Å²) < 4.78 is 1.36. The Balaban J connectivity index is 1.80. The van der Waals surface area contributed by atoms with Gasteiger partial charge in [0.1, 0.15) is 11.4 Å². The summed E-state index contributed by atoms with van der Waals surface area (Å²) in [5.74, 6) is -0.803. The van der Waals surface area contributed by atoms with Gasteiger partial charge in [0.25, 0.3) is 5.91 Å². The maximum absolute atomic E-state index is 13.3. The Hall–Kier alpha value is -4.06. The lowest BCUT2D eigenvalue weighted by molar-refractivity contribution is -0.378. The van der Waals surface area contributed by atoms with E-state index in [0.29, 0.717) is 27.7 Å². The summed E-state index contributed by atoms with van der Waals surface area (Å²) in [5.41, 5.74) is 2.09. The first kappa shape index (κ1) is 16.1. The van der Waals surface area contributed by atoms with Crippen molar-refractivity contribution in [1.82, 2.24) is 4.57 Å². The van der Waals surface area contributed by atoms with Gasteiger partial charge in [-0.25, -0.2) is 9.98 Å². The zero-order valence-corrected chi connectivity index (χ0v) is 14.6. The van der Waals surface area contributed by atoms with E-state index < -0.39 is 0 Å². The van der Waals surface area contributed by atoms with E-state index >= 15 is 0 Å². The molecular formula is C22H14N3O3+. The van der Waals surface area contributed by atoms with Crippen LogP contribution in [0.5, 0.6) is 5.75 Å². The minimum atomic E-state index is -0.355. The molecule has 2 aromatic carbocycles. The molecule has 1 aliphatic heterocycles. The van der Waals surface area contributed by atoms with Crippen molar-refractivity contribution < 1.29 is 19.7 Å². The predicted molar refractivity (Wildman–Crippen MR) is 103 cm³/mol. The molecule has 6 heteroatoms. The number of hydrogen-bond donors (Lipinski definition) is 1. The molecule has 0 unspecified atom stereocenters. The van der Waals surface area contributed by atoms with Crippen molar-refractivity contribution in [3.05, 3.63) is 89.9 Å². The molecule has 0 bridgehead atoms. The topological polar surface area (TPSA) is 85.8 Å². The van der Waals surface area contributed by atoms with Crippen molar-refractivity contribution in [2.45, 2.75) is 0 Å². The number of carbonyl (C=O) groups is 2. The lowest BCUT2D eigenvalue weighted by Gasteiger charge is -2.08. The molecule has 2 aromatic heterocycles. The van der Waals surface area contributed by atoms with Crippen LogP contribution in [0.15, 0.2) is 78.0 Å². The van der Waals surface area contributed by atoms with Crippen LogP contribution in [0.3, 0.4) is 0 Å². The first-order valence-electron chi connectivity index (χ1n) is 8.73. The van der Waals surface area contributed by atoms with Crippen molar-refractivity contribution in [1.29, 1.82) is 0 Å². The van der Waals surface area contributed by atoms with Crippen LogP contribution in [-0.2, 0) is 0 Å². The van der Waals surface area contributed by atoms with Crippen molar-refractivity contribution in [2.24, 2.45) is 4.99 Å². The average Bonchev–Trinajstić information content (AvgIpc) is 3.23. The number of ketones is 1. The number of fused-ring (bicyclic) bond motifs is 2. The van der Waals surface area contributed by atoms with E-state index in [0.717, 1.165) is 0 Å². The number of aromatic hydroxyl groups is 1. The summed E-state index contributed by atoms with van der Waals surface area (Å²) in [6, 6.07) is 17.3. The first-order valence-corrected chi connectivity index (χ1v) is 8.73. The average molecular weight is 368 g/mol. The number of H-pyrrole nitrogens is 1. The molecule has 2 N–H and O–H groups in total. The van der Waals surface area contributed by atoms with Crippen LogP contribution in [0, 0.1) is 0 Å². The number of carbonyl (C=O) groups excluding carboxylic acids is 2. The molecule has 4 aromatic rings. The highest BCUT2D eigenvalue weighted by molar-refractivity contribution is 6.55. The highest BCUT2D eigenvalue weighted by Crippen LogP contribution is 2.37. The molecule has 0 aliphatic carbocycles. The molecule has 0 fully saturated rings. The minimum Gasteiger partial charge on any atom is -0.505 e. The number of aliphatic imine (C=N–C) groups is 1. The van der Waals surface area contributed by atoms with Gasteiger partial charge in [-0.2, -0.15) is 0 Å². The van der Waals surface area contributed by atoms with Gasteiger partial charge in [-0.05, 0) is 24.3 Å². The number of pyridine rings is 1. The summed E-state index contributed by atoms with van der Waals surface area (Å²) in [7, 11) is 0. The van der Waals surface area contributed by atoms with Crippen molar-refractivity contribution in [3.63, 3.8) is 0 Å². The van der Waals surface area contributed by atoms with E-state index in [-0.39, 0.29) is 28.8 Å². The lowest BCUT2D eigenvalue weighted by atomic mass is 10.1. The molecule has 0 atom stereocenters. The number of benzene rings is 2. The van der Waals surface area contributed by atoms with Crippen LogP contribution in [-0.4, -0.2) is 27.1 Å². The molecule has 0 saturated carbocycles. The maximum Gasteiger partial charge on any atom is 0.263 e. The molecule has 3 heterocycles. The van der Waals surface area contributed by atoms with E-state index in [1.807, 2.05) is 0 Å². The lowest BCUT2D eigenvalue weighted by Crippen LogP contribution is -2.22. The zero-order valence-electron chi connectivity index (χ0n) is 14.6. The molecule has 5 rings (SSSR count). The summed E-state index contributed by atoms with van der Waals surface area (Å²) >= 11 is 0. The molecule has 0 radical (unpaired) electrons. The SMILES string of the molecule is O=C1C(c2c(O)c3ccccc3n2C(=O)c2cc[nH+]cc2)=Nc2ccccc21. The van der Waals surface area contributed by atoms with Gasteiger partial charge in [-0.1, -0.05) is 24.3 Å². The number of nitrogens with zero attached hydrogens (tertiary/aromatic N) is 2. The summed E-state index contributed by atoms with van der Waals surface area (Å²) in [4.78, 5) is 33.6. The second-order valence-electron chi connectivity index (χ2n) is 6.45. The number of rotatable bonds is 2. The standard InChI is InChI=1S/C22H13N3O3/c26-20-14-5-1-3-7-16(14)24-18(20)19-21(27)15-6-2-4-8-17(15)25(19)22(28)13-9-11-23-12-10-13/h1-12,27H/p+1. The van der Waals surface area contributed by atoms with Gasteiger partial charge in [0.15, 0.2) is 18.1 Å². The largest absolute Gasteiger partial charge is 0.505 e. The second kappa shape index (κ2) is 5.99. The fraction of sp³-hybridized carbons (Fsp3) is 0. The van der Waals surface area contributed by atoms with Gasteiger partial charge in [-0.3, -0.25) is 14.2 Å². The first-order chi connectivity index (χ1) is 13.7. The van der Waals surface area contributed by atoms with Crippen molar-refractivity contribution in [3.8, 4) is 5.75 Å². The van der Waals surface area contributed by atoms with Gasteiger partial charge >= 0.3 is 0 Å². The third-order valence-corrected chi connectivity index (χ3v) is 4.84. The van der Waals surface area contributed by atoms with Crippen LogP contribution in [0.2, 0.25) is 0 Å². The minimum absolute atomic E-state index is 0.0609. The van der Waals surface area contributed by atoms with Crippen LogP contribution in [0.4, 0.5) is 5.69 Å². The molecule has 6 nitrogen and oxygen atoms in total. The Labute approximate surface area is 159 Å². The second-order valence-corrected chi connectivity index (χ2v) is 6.45. The van der Waals surface area contributed by atoms with Gasteiger partial charge in [-0.15, -0.1) is 0 Å². The fourth-order valence-electron chi connectivity index (χ4n) is 3.53. The van der Waals surface area contributed by atoms with E-state index in [9.17, 15) is 14.7 Å². The number of Topliss-reactive ketones (excluding diaryl/α,β-unsaturated/α-hetero) is 1. The number of aromatic nitrogens is 2. The number of para-hydroxylation sites is 2. The van der Waals surface area contributed by atoms with Crippen LogP contribution in [0.25, 0.3) is 10.9 Å². The van der Waals surface area contributed by atoms with E-state index in [1.54, 1.807) is 73.1 Å². The molecule has 1 aliphatic rings. The molecule has 0 saturated heterocycles. The molecule has 28 heavy (non-hydrogen) atoms. The summed E-state index contributed by atoms with van der Waals surface area (Å²) in [6.07, 6.45) is 3.29. The Morgan fingerprint density at radius 3 is 2.46 bits per heavy atom. The fourth-order valence-corrected chi connectivity index (χ4v) is 3.53. The molecule has 0 amide bonds. The van der Waals surface area contributed by atoms with Crippen LogP contribution >= 0.6 is 0 Å². The summed E-state index contributed by atoms with van der Waals surface area (Å²) in [5, 5.41) is 11.4. The Bertz CT molecular complexity index is 1300. The highest BCUT2D eigenvalue weighted by atomic mass is 16.3.